The maximum Gasteiger partial charge on any atom is 0.244 e. The summed E-state index contributed by atoms with van der Waals surface area (Å²) in [6, 6.07) is 14.5. The van der Waals surface area contributed by atoms with E-state index in [9.17, 15) is 13.6 Å². The number of carbonyl (C=O) groups excluding carboxylic acids is 1. The molecule has 8 heteroatoms. The molecule has 1 aliphatic rings. The smallest absolute Gasteiger partial charge is 0.244 e. The molecule has 30 heavy (non-hydrogen) atoms. The van der Waals surface area contributed by atoms with E-state index in [1.165, 1.54) is 36.0 Å². The van der Waals surface area contributed by atoms with Crippen molar-refractivity contribution in [2.45, 2.75) is 11.6 Å². The van der Waals surface area contributed by atoms with Crippen molar-refractivity contribution >= 4 is 23.4 Å². The highest BCUT2D eigenvalue weighted by Crippen LogP contribution is 2.25. The Morgan fingerprint density at radius 1 is 0.967 bits per heavy atom. The average Bonchev–Trinajstić information content (AvgIpc) is 3.18. The Morgan fingerprint density at radius 3 is 2.17 bits per heavy atom. The van der Waals surface area contributed by atoms with E-state index < -0.39 is 0 Å². The van der Waals surface area contributed by atoms with Crippen LogP contribution in [0, 0.1) is 11.6 Å². The first-order chi connectivity index (χ1) is 14.5. The third kappa shape index (κ3) is 4.48. The third-order valence-corrected chi connectivity index (χ3v) is 5.83. The molecule has 0 saturated carbocycles. The standard InChI is InChI=1S/C22H22F2N4OS/c1-30-21-14-20(16-2-4-17(23)5-3-16)28(25-21)15-22(29)27-12-10-26(11-13-27)19-8-6-18(24)7-9-19/h2-9,14H,10-13,15H2,1H3. The molecule has 0 spiro atoms. The Labute approximate surface area is 178 Å². The number of piperazine rings is 1. The summed E-state index contributed by atoms with van der Waals surface area (Å²) in [5.41, 5.74) is 2.56. The molecular formula is C22H22F2N4OS. The minimum Gasteiger partial charge on any atom is -0.368 e. The Morgan fingerprint density at radius 2 is 1.57 bits per heavy atom. The number of amides is 1. The highest BCUT2D eigenvalue weighted by atomic mass is 32.2. The van der Waals surface area contributed by atoms with E-state index in [0.717, 1.165) is 22.0 Å². The maximum atomic E-state index is 13.3. The molecule has 0 radical (unpaired) electrons. The van der Waals surface area contributed by atoms with E-state index >= 15 is 0 Å². The molecule has 5 nitrogen and oxygen atoms in total. The summed E-state index contributed by atoms with van der Waals surface area (Å²) < 4.78 is 28.1. The number of rotatable bonds is 5. The summed E-state index contributed by atoms with van der Waals surface area (Å²) >= 11 is 1.50. The molecule has 1 saturated heterocycles. The molecule has 2 aromatic carbocycles. The van der Waals surface area contributed by atoms with Crippen LogP contribution in [0.15, 0.2) is 59.6 Å². The lowest BCUT2D eigenvalue weighted by Gasteiger charge is -2.36. The Balaban J connectivity index is 1.43. The van der Waals surface area contributed by atoms with Gasteiger partial charge in [0.15, 0.2) is 0 Å². The summed E-state index contributed by atoms with van der Waals surface area (Å²) in [5, 5.41) is 5.33. The van der Waals surface area contributed by atoms with Gasteiger partial charge in [0.2, 0.25) is 5.91 Å². The van der Waals surface area contributed by atoms with Gasteiger partial charge in [-0.1, -0.05) is 0 Å². The number of benzene rings is 2. The van der Waals surface area contributed by atoms with E-state index in [0.29, 0.717) is 26.2 Å². The van der Waals surface area contributed by atoms with Crippen LogP contribution < -0.4 is 4.90 Å². The van der Waals surface area contributed by atoms with Crippen molar-refractivity contribution in [2.24, 2.45) is 0 Å². The van der Waals surface area contributed by atoms with Gasteiger partial charge in [-0.15, -0.1) is 11.8 Å². The highest BCUT2D eigenvalue weighted by Gasteiger charge is 2.23. The molecule has 0 atom stereocenters. The number of thioether (sulfide) groups is 1. The van der Waals surface area contributed by atoms with Crippen LogP contribution in [-0.2, 0) is 11.3 Å². The molecule has 0 aliphatic carbocycles. The zero-order valence-corrected chi connectivity index (χ0v) is 17.4. The van der Waals surface area contributed by atoms with Gasteiger partial charge in [0.1, 0.15) is 23.2 Å². The van der Waals surface area contributed by atoms with Crippen molar-refractivity contribution in [2.75, 3.05) is 37.3 Å². The summed E-state index contributed by atoms with van der Waals surface area (Å²) in [6.07, 6.45) is 1.93. The van der Waals surface area contributed by atoms with Gasteiger partial charge in [0, 0.05) is 37.4 Å². The first-order valence-corrected chi connectivity index (χ1v) is 10.9. The maximum absolute atomic E-state index is 13.3. The monoisotopic (exact) mass is 428 g/mol. The van der Waals surface area contributed by atoms with E-state index in [4.69, 9.17) is 0 Å². The molecule has 156 valence electrons. The quantitative estimate of drug-likeness (QED) is 0.578. The summed E-state index contributed by atoms with van der Waals surface area (Å²) in [6.45, 7) is 2.70. The van der Waals surface area contributed by atoms with Gasteiger partial charge in [0.25, 0.3) is 0 Å². The van der Waals surface area contributed by atoms with Crippen LogP contribution >= 0.6 is 11.8 Å². The molecule has 1 fully saturated rings. The predicted molar refractivity (Wildman–Crippen MR) is 115 cm³/mol. The van der Waals surface area contributed by atoms with Crippen LogP contribution in [0.25, 0.3) is 11.3 Å². The number of halogens is 2. The van der Waals surface area contributed by atoms with Crippen LogP contribution in [0.5, 0.6) is 0 Å². The number of anilines is 1. The van der Waals surface area contributed by atoms with Crippen molar-refractivity contribution in [3.8, 4) is 11.3 Å². The predicted octanol–water partition coefficient (Wildman–Crippen LogP) is 3.90. The van der Waals surface area contributed by atoms with Gasteiger partial charge >= 0.3 is 0 Å². The Hall–Kier alpha value is -2.87. The zero-order valence-electron chi connectivity index (χ0n) is 16.6. The topological polar surface area (TPSA) is 41.4 Å². The molecule has 2 heterocycles. The first-order valence-electron chi connectivity index (χ1n) is 9.69. The van der Waals surface area contributed by atoms with Crippen LogP contribution in [0.3, 0.4) is 0 Å². The molecule has 1 aliphatic heterocycles. The number of hydrogen-bond donors (Lipinski definition) is 0. The fourth-order valence-corrected chi connectivity index (χ4v) is 3.97. The largest absolute Gasteiger partial charge is 0.368 e. The van der Waals surface area contributed by atoms with Gasteiger partial charge in [-0.2, -0.15) is 5.10 Å². The highest BCUT2D eigenvalue weighted by molar-refractivity contribution is 7.98. The first kappa shape index (κ1) is 20.4. The summed E-state index contributed by atoms with van der Waals surface area (Å²) in [5.74, 6) is -0.564. The fraction of sp³-hybridized carbons (Fsp3) is 0.273. The van der Waals surface area contributed by atoms with Gasteiger partial charge in [0.05, 0.1) is 5.69 Å². The summed E-state index contributed by atoms with van der Waals surface area (Å²) in [7, 11) is 0. The van der Waals surface area contributed by atoms with Crippen molar-refractivity contribution in [3.63, 3.8) is 0 Å². The van der Waals surface area contributed by atoms with E-state index in [1.54, 1.807) is 28.9 Å². The Bertz CT molecular complexity index is 1010. The lowest BCUT2D eigenvalue weighted by atomic mass is 10.1. The number of aromatic nitrogens is 2. The van der Waals surface area contributed by atoms with Crippen molar-refractivity contribution in [3.05, 3.63) is 66.2 Å². The normalized spacial score (nSPS) is 14.2. The van der Waals surface area contributed by atoms with Crippen molar-refractivity contribution < 1.29 is 13.6 Å². The summed E-state index contributed by atoms with van der Waals surface area (Å²) in [4.78, 5) is 16.9. The number of carbonyl (C=O) groups is 1. The molecule has 4 rings (SSSR count). The zero-order chi connectivity index (χ0) is 21.1. The van der Waals surface area contributed by atoms with E-state index in [-0.39, 0.29) is 24.1 Å². The number of nitrogens with zero attached hydrogens (tertiary/aromatic N) is 4. The molecule has 1 aromatic heterocycles. The molecule has 0 bridgehead atoms. The van der Waals surface area contributed by atoms with Gasteiger partial charge in [-0.3, -0.25) is 9.48 Å². The van der Waals surface area contributed by atoms with Gasteiger partial charge in [-0.05, 0) is 60.9 Å². The van der Waals surface area contributed by atoms with Crippen LogP contribution in [0.2, 0.25) is 0 Å². The minimum absolute atomic E-state index is 0.00660. The molecule has 0 unspecified atom stereocenters. The second kappa shape index (κ2) is 8.87. The van der Waals surface area contributed by atoms with Crippen molar-refractivity contribution in [1.82, 2.24) is 14.7 Å². The Kier molecular flexibility index (Phi) is 6.03. The van der Waals surface area contributed by atoms with Crippen LogP contribution in [0.4, 0.5) is 14.5 Å². The second-order valence-corrected chi connectivity index (χ2v) is 7.91. The number of hydrogen-bond acceptors (Lipinski definition) is 4. The fourth-order valence-electron chi connectivity index (χ4n) is 3.56. The van der Waals surface area contributed by atoms with Crippen molar-refractivity contribution in [1.29, 1.82) is 0 Å². The minimum atomic E-state index is -0.301. The lowest BCUT2D eigenvalue weighted by Crippen LogP contribution is -2.49. The molecular weight excluding hydrogens is 406 g/mol. The third-order valence-electron chi connectivity index (χ3n) is 5.22. The van der Waals surface area contributed by atoms with E-state index in [1.807, 2.05) is 17.2 Å². The SMILES string of the molecule is CSc1cc(-c2ccc(F)cc2)n(CC(=O)N2CCN(c3ccc(F)cc3)CC2)n1. The molecule has 3 aromatic rings. The molecule has 0 N–H and O–H groups in total. The van der Waals surface area contributed by atoms with Crippen LogP contribution in [0.1, 0.15) is 0 Å². The van der Waals surface area contributed by atoms with Crippen LogP contribution in [-0.4, -0.2) is 53.0 Å². The average molecular weight is 429 g/mol. The van der Waals surface area contributed by atoms with E-state index in [2.05, 4.69) is 10.00 Å². The molecule has 1 amide bonds. The van der Waals surface area contributed by atoms with Gasteiger partial charge in [-0.25, -0.2) is 8.78 Å². The van der Waals surface area contributed by atoms with Gasteiger partial charge < -0.3 is 9.80 Å². The second-order valence-electron chi connectivity index (χ2n) is 7.08. The lowest BCUT2D eigenvalue weighted by molar-refractivity contribution is -0.132.